The normalized spacial score (nSPS) is 23.9. The number of hydrogen-bond acceptors (Lipinski definition) is 3. The van der Waals surface area contributed by atoms with E-state index in [-0.39, 0.29) is 5.79 Å². The highest BCUT2D eigenvalue weighted by atomic mass is 16.8. The van der Waals surface area contributed by atoms with Crippen LogP contribution in [-0.4, -0.2) is 43.0 Å². The lowest BCUT2D eigenvalue weighted by atomic mass is 9.95. The Hall–Kier alpha value is -0.120. The van der Waals surface area contributed by atoms with E-state index in [4.69, 9.17) is 9.47 Å². The number of rotatable bonds is 33. The van der Waals surface area contributed by atoms with Gasteiger partial charge in [-0.05, 0) is 51.6 Å². The van der Waals surface area contributed by atoms with Gasteiger partial charge in [-0.15, -0.1) is 0 Å². The zero-order valence-electron chi connectivity index (χ0n) is 33.3. The van der Waals surface area contributed by atoms with Gasteiger partial charge < -0.3 is 14.4 Å². The molecule has 1 aliphatic heterocycles. The molecule has 47 heavy (non-hydrogen) atoms. The lowest BCUT2D eigenvalue weighted by Gasteiger charge is -2.31. The Balaban J connectivity index is 1.54. The third-order valence-corrected chi connectivity index (χ3v) is 12.0. The minimum absolute atomic E-state index is 0.285. The molecule has 4 atom stereocenters. The van der Waals surface area contributed by atoms with Crippen molar-refractivity contribution < 1.29 is 9.47 Å². The van der Waals surface area contributed by atoms with Crippen LogP contribution in [0, 0.1) is 11.8 Å². The minimum atomic E-state index is -0.285. The van der Waals surface area contributed by atoms with E-state index in [1.807, 2.05) is 0 Å². The third-order valence-electron chi connectivity index (χ3n) is 12.0. The molecule has 0 aromatic rings. The average Bonchev–Trinajstić information content (AvgIpc) is 3.60. The van der Waals surface area contributed by atoms with E-state index in [0.717, 1.165) is 37.5 Å². The van der Waals surface area contributed by atoms with Crippen LogP contribution in [0.2, 0.25) is 0 Å². The molecule has 1 heterocycles. The van der Waals surface area contributed by atoms with Crippen LogP contribution >= 0.6 is 0 Å². The second kappa shape index (κ2) is 27.6. The van der Waals surface area contributed by atoms with E-state index in [0.29, 0.717) is 18.2 Å². The summed E-state index contributed by atoms with van der Waals surface area (Å²) in [4.78, 5) is 2.37. The lowest BCUT2D eigenvalue weighted by molar-refractivity contribution is -0.193. The predicted octanol–water partition coefficient (Wildman–Crippen LogP) is 14.2. The van der Waals surface area contributed by atoms with Gasteiger partial charge in [-0.3, -0.25) is 0 Å². The molecule has 2 aliphatic rings. The lowest BCUT2D eigenvalue weighted by Crippen LogP contribution is -2.34. The molecule has 4 unspecified atom stereocenters. The summed E-state index contributed by atoms with van der Waals surface area (Å²) in [7, 11) is 4.43. The first-order chi connectivity index (χ1) is 22.9. The minimum Gasteiger partial charge on any atom is -0.344 e. The highest BCUT2D eigenvalue weighted by Crippen LogP contribution is 2.44. The Labute approximate surface area is 296 Å². The zero-order chi connectivity index (χ0) is 34.0. The summed E-state index contributed by atoms with van der Waals surface area (Å²) in [6.45, 7) is 9.58. The van der Waals surface area contributed by atoms with E-state index in [1.165, 1.54) is 180 Å². The van der Waals surface area contributed by atoms with E-state index in [1.54, 1.807) is 0 Å². The molecular weight excluding hydrogens is 574 g/mol. The van der Waals surface area contributed by atoms with Gasteiger partial charge >= 0.3 is 0 Å². The summed E-state index contributed by atoms with van der Waals surface area (Å²) in [6.07, 6.45) is 44.6. The summed E-state index contributed by atoms with van der Waals surface area (Å²) in [5.41, 5.74) is 0. The van der Waals surface area contributed by atoms with Crippen LogP contribution in [0.4, 0.5) is 0 Å². The topological polar surface area (TPSA) is 21.7 Å². The Morgan fingerprint density at radius 3 is 1.09 bits per heavy atom. The quantitative estimate of drug-likeness (QED) is 0.0653. The van der Waals surface area contributed by atoms with Crippen LogP contribution in [0.25, 0.3) is 0 Å². The Morgan fingerprint density at radius 1 is 0.468 bits per heavy atom. The van der Waals surface area contributed by atoms with Gasteiger partial charge in [0.05, 0.1) is 12.2 Å². The van der Waals surface area contributed by atoms with Gasteiger partial charge in [-0.1, -0.05) is 195 Å². The first kappa shape index (κ1) is 43.0. The second-order valence-electron chi connectivity index (χ2n) is 17.0. The summed E-state index contributed by atoms with van der Waals surface area (Å²) in [5.74, 6) is 1.59. The first-order valence-electron chi connectivity index (χ1n) is 21.9. The Morgan fingerprint density at radius 2 is 0.766 bits per heavy atom. The molecule has 2 rings (SSSR count). The van der Waals surface area contributed by atoms with Crippen LogP contribution in [0.15, 0.2) is 0 Å². The molecule has 3 nitrogen and oxygen atoms in total. The fourth-order valence-corrected chi connectivity index (χ4v) is 8.57. The van der Waals surface area contributed by atoms with E-state index < -0.39 is 0 Å². The first-order valence-corrected chi connectivity index (χ1v) is 21.9. The van der Waals surface area contributed by atoms with Crippen molar-refractivity contribution in [2.45, 2.75) is 257 Å². The van der Waals surface area contributed by atoms with Gasteiger partial charge in [-0.2, -0.15) is 0 Å². The molecule has 1 saturated heterocycles. The van der Waals surface area contributed by atoms with Gasteiger partial charge in [0.15, 0.2) is 5.79 Å². The monoisotopic (exact) mass is 662 g/mol. The molecule has 0 aromatic carbocycles. The smallest absolute Gasteiger partial charge is 0.169 e. The number of fused-ring (bicyclic) bond motifs is 1. The zero-order valence-corrected chi connectivity index (χ0v) is 33.3. The predicted molar refractivity (Wildman–Crippen MR) is 207 cm³/mol. The molecule has 0 aromatic heterocycles. The van der Waals surface area contributed by atoms with Crippen molar-refractivity contribution in [2.24, 2.45) is 11.8 Å². The van der Waals surface area contributed by atoms with Crippen molar-refractivity contribution in [1.29, 1.82) is 0 Å². The molecule has 0 bridgehead atoms. The van der Waals surface area contributed by atoms with Crippen LogP contribution in [0.1, 0.15) is 233 Å². The van der Waals surface area contributed by atoms with Gasteiger partial charge in [0.1, 0.15) is 0 Å². The summed E-state index contributed by atoms with van der Waals surface area (Å²) < 4.78 is 13.7. The molecule has 1 aliphatic carbocycles. The highest BCUT2D eigenvalue weighted by Gasteiger charge is 2.51. The molecule has 3 heteroatoms. The SMILES string of the molecule is CCCCCCC(C)CCCCCCCCCCCC1(CCCCCCCCCC(C)CCCCCC)OC2CC(N(C)C)CC2O1. The van der Waals surface area contributed by atoms with Crippen molar-refractivity contribution in [3.63, 3.8) is 0 Å². The number of hydrogen-bond donors (Lipinski definition) is 0. The van der Waals surface area contributed by atoms with Gasteiger partial charge in [0, 0.05) is 18.9 Å². The fourth-order valence-electron chi connectivity index (χ4n) is 8.57. The Bertz CT molecular complexity index is 680. The maximum Gasteiger partial charge on any atom is 0.169 e. The Kier molecular flexibility index (Phi) is 25.3. The van der Waals surface area contributed by atoms with Crippen LogP contribution in [-0.2, 0) is 9.47 Å². The number of nitrogens with zero attached hydrogens (tertiary/aromatic N) is 1. The molecule has 0 radical (unpaired) electrons. The molecule has 2 fully saturated rings. The van der Waals surface area contributed by atoms with Gasteiger partial charge in [-0.25, -0.2) is 0 Å². The fraction of sp³-hybridized carbons (Fsp3) is 1.00. The van der Waals surface area contributed by atoms with Crippen molar-refractivity contribution in [3.05, 3.63) is 0 Å². The van der Waals surface area contributed by atoms with Crippen molar-refractivity contribution in [1.82, 2.24) is 4.90 Å². The summed E-state index contributed by atoms with van der Waals surface area (Å²) in [5, 5.41) is 0. The second-order valence-corrected chi connectivity index (χ2v) is 17.0. The maximum absolute atomic E-state index is 6.86. The van der Waals surface area contributed by atoms with E-state index in [2.05, 4.69) is 46.7 Å². The standard InChI is InChI=1S/C44H87NO2/c1-7-9-11-25-31-39(3)33-27-21-17-14-13-15-19-23-29-35-44(46-42-37-41(45(5)6)38-43(42)47-44)36-30-24-20-16-18-22-28-34-40(4)32-26-12-10-8-2/h39-43H,7-38H2,1-6H3. The summed E-state index contributed by atoms with van der Waals surface area (Å²) in [6, 6.07) is 0.617. The molecule has 280 valence electrons. The van der Waals surface area contributed by atoms with E-state index in [9.17, 15) is 0 Å². The molecule has 1 saturated carbocycles. The van der Waals surface area contributed by atoms with Crippen molar-refractivity contribution in [2.75, 3.05) is 14.1 Å². The largest absolute Gasteiger partial charge is 0.344 e. The summed E-state index contributed by atoms with van der Waals surface area (Å²) >= 11 is 0. The van der Waals surface area contributed by atoms with E-state index >= 15 is 0 Å². The van der Waals surface area contributed by atoms with Crippen molar-refractivity contribution >= 4 is 0 Å². The average molecular weight is 662 g/mol. The molecular formula is C44H87NO2. The maximum atomic E-state index is 6.86. The molecule has 0 N–H and O–H groups in total. The molecule has 0 spiro atoms. The third kappa shape index (κ3) is 20.4. The van der Waals surface area contributed by atoms with Gasteiger partial charge in [0.2, 0.25) is 0 Å². The van der Waals surface area contributed by atoms with Crippen molar-refractivity contribution in [3.8, 4) is 0 Å². The number of unbranched alkanes of at least 4 members (excludes halogenated alkanes) is 20. The van der Waals surface area contributed by atoms with Gasteiger partial charge in [0.25, 0.3) is 0 Å². The number of ether oxygens (including phenoxy) is 2. The van der Waals surface area contributed by atoms with Crippen LogP contribution in [0.3, 0.4) is 0 Å². The van der Waals surface area contributed by atoms with Crippen LogP contribution < -0.4 is 0 Å². The molecule has 0 amide bonds. The highest BCUT2D eigenvalue weighted by molar-refractivity contribution is 4.96. The van der Waals surface area contributed by atoms with Crippen LogP contribution in [0.5, 0.6) is 0 Å².